The van der Waals surface area contributed by atoms with E-state index >= 15 is 0 Å². The van der Waals surface area contributed by atoms with Crippen molar-refractivity contribution in [2.75, 3.05) is 0 Å². The molecule has 0 N–H and O–H groups in total. The van der Waals surface area contributed by atoms with E-state index in [2.05, 4.69) is 41.5 Å². The van der Waals surface area contributed by atoms with Crippen LogP contribution in [0.1, 0.15) is 119 Å². The molecule has 2 atom stereocenters. The molecule has 2 aliphatic carbocycles. The first-order valence-electron chi connectivity index (χ1n) is 11.6. The first-order chi connectivity index (χ1) is 12.5. The molecule has 27 heavy (non-hydrogen) atoms. The maximum absolute atomic E-state index is 11.8. The number of carbonyl (C=O) groups is 2. The quantitative estimate of drug-likeness (QED) is 0.473. The summed E-state index contributed by atoms with van der Waals surface area (Å²) in [6.07, 6.45) is 12.5. The van der Waals surface area contributed by atoms with Crippen molar-refractivity contribution in [1.29, 1.82) is 0 Å². The van der Waals surface area contributed by atoms with Crippen LogP contribution in [0.5, 0.6) is 0 Å². The molecule has 2 rings (SSSR count). The van der Waals surface area contributed by atoms with Gasteiger partial charge in [-0.1, -0.05) is 48.0 Å². The monoisotopic (exact) mass is 376 g/mol. The number of ketones is 2. The van der Waals surface area contributed by atoms with Gasteiger partial charge < -0.3 is 0 Å². The summed E-state index contributed by atoms with van der Waals surface area (Å²) >= 11 is 0. The fourth-order valence-electron chi connectivity index (χ4n) is 6.05. The van der Waals surface area contributed by atoms with Crippen LogP contribution in [0.3, 0.4) is 0 Å². The highest BCUT2D eigenvalue weighted by Crippen LogP contribution is 2.55. The topological polar surface area (TPSA) is 34.1 Å². The van der Waals surface area contributed by atoms with Crippen LogP contribution in [0.2, 0.25) is 0 Å². The van der Waals surface area contributed by atoms with E-state index in [1.807, 2.05) is 0 Å². The van der Waals surface area contributed by atoms with Gasteiger partial charge in [-0.15, -0.1) is 0 Å². The number of hydrogen-bond acceptors (Lipinski definition) is 2. The summed E-state index contributed by atoms with van der Waals surface area (Å²) in [7, 11) is 0. The van der Waals surface area contributed by atoms with Gasteiger partial charge in [-0.25, -0.2) is 0 Å². The second kappa shape index (κ2) is 8.78. The van der Waals surface area contributed by atoms with Crippen LogP contribution in [-0.4, -0.2) is 11.6 Å². The molecule has 0 bridgehead atoms. The molecule has 2 heteroatoms. The molecule has 0 aromatic rings. The highest BCUT2D eigenvalue weighted by molar-refractivity contribution is 5.79. The summed E-state index contributed by atoms with van der Waals surface area (Å²) in [4.78, 5) is 23.5. The molecule has 2 aliphatic rings. The van der Waals surface area contributed by atoms with E-state index in [0.29, 0.717) is 28.8 Å². The van der Waals surface area contributed by atoms with Gasteiger partial charge in [0.15, 0.2) is 0 Å². The minimum Gasteiger partial charge on any atom is -0.300 e. The molecule has 0 aliphatic heterocycles. The minimum atomic E-state index is 0.244. The zero-order valence-electron chi connectivity index (χ0n) is 19.0. The molecule has 0 radical (unpaired) electrons. The number of Topliss-reactive ketones (excluding diaryl/α,β-unsaturated/α-hetero) is 2. The van der Waals surface area contributed by atoms with Crippen molar-refractivity contribution in [3.8, 4) is 0 Å². The number of hydrogen-bond donors (Lipinski definition) is 0. The number of carbonyl (C=O) groups excluding carboxylic acids is 2. The van der Waals surface area contributed by atoms with Crippen molar-refractivity contribution in [1.82, 2.24) is 0 Å². The van der Waals surface area contributed by atoms with Gasteiger partial charge in [0.25, 0.3) is 0 Å². The van der Waals surface area contributed by atoms with Crippen LogP contribution in [0.15, 0.2) is 0 Å². The average molecular weight is 377 g/mol. The fourth-order valence-corrected chi connectivity index (χ4v) is 6.05. The lowest BCUT2D eigenvalue weighted by molar-refractivity contribution is -0.124. The summed E-state index contributed by atoms with van der Waals surface area (Å²) < 4.78 is 0. The number of rotatable bonds is 7. The normalized spacial score (nSPS) is 25.3. The molecule has 2 unspecified atom stereocenters. The van der Waals surface area contributed by atoms with Crippen molar-refractivity contribution in [2.24, 2.45) is 28.1 Å². The second-order valence-electron chi connectivity index (χ2n) is 11.2. The summed E-state index contributed by atoms with van der Waals surface area (Å²) in [6.45, 7) is 14.5. The predicted molar refractivity (Wildman–Crippen MR) is 114 cm³/mol. The molecule has 0 amide bonds. The van der Waals surface area contributed by atoms with Crippen molar-refractivity contribution < 1.29 is 9.59 Å². The van der Waals surface area contributed by atoms with Crippen molar-refractivity contribution in [3.63, 3.8) is 0 Å². The molecule has 0 aromatic carbocycles. The molecule has 0 heterocycles. The summed E-state index contributed by atoms with van der Waals surface area (Å²) in [6, 6.07) is 0. The lowest BCUT2D eigenvalue weighted by Crippen LogP contribution is -2.43. The van der Waals surface area contributed by atoms with E-state index in [4.69, 9.17) is 0 Å². The molecule has 2 saturated carbocycles. The van der Waals surface area contributed by atoms with Gasteiger partial charge >= 0.3 is 0 Å². The minimum absolute atomic E-state index is 0.244. The second-order valence-corrected chi connectivity index (χ2v) is 11.2. The zero-order chi connectivity index (χ0) is 20.3. The zero-order valence-corrected chi connectivity index (χ0v) is 19.0. The summed E-state index contributed by atoms with van der Waals surface area (Å²) in [5, 5.41) is 0. The third-order valence-corrected chi connectivity index (χ3v) is 8.72. The summed E-state index contributed by atoms with van der Waals surface area (Å²) in [5.74, 6) is 2.29. The Kier molecular flexibility index (Phi) is 7.36. The van der Waals surface area contributed by atoms with Gasteiger partial charge in [-0.3, -0.25) is 9.59 Å². The Morgan fingerprint density at radius 1 is 0.704 bits per heavy atom. The Morgan fingerprint density at radius 2 is 1.15 bits per heavy atom. The first kappa shape index (κ1) is 22.6. The molecular weight excluding hydrogens is 332 g/mol. The highest BCUT2D eigenvalue weighted by atomic mass is 16.1. The van der Waals surface area contributed by atoms with Crippen LogP contribution in [0.4, 0.5) is 0 Å². The Hall–Kier alpha value is -0.660. The Morgan fingerprint density at radius 3 is 1.56 bits per heavy atom. The smallest absolute Gasteiger partial charge is 0.132 e. The van der Waals surface area contributed by atoms with Gasteiger partial charge in [0.05, 0.1) is 0 Å². The molecular formula is C25H44O2. The molecule has 0 saturated heterocycles. The van der Waals surface area contributed by atoms with Gasteiger partial charge in [0, 0.05) is 25.7 Å². The average Bonchev–Trinajstić information content (AvgIpc) is 2.60. The van der Waals surface area contributed by atoms with Gasteiger partial charge in [0.2, 0.25) is 0 Å². The Labute approximate surface area is 168 Å². The first-order valence-corrected chi connectivity index (χ1v) is 11.6. The van der Waals surface area contributed by atoms with Crippen molar-refractivity contribution in [3.05, 3.63) is 0 Å². The van der Waals surface area contributed by atoms with Crippen molar-refractivity contribution >= 4 is 11.6 Å². The van der Waals surface area contributed by atoms with E-state index in [1.54, 1.807) is 0 Å². The van der Waals surface area contributed by atoms with Crippen molar-refractivity contribution in [2.45, 2.75) is 119 Å². The van der Waals surface area contributed by atoms with Crippen LogP contribution >= 0.6 is 0 Å². The lowest BCUT2D eigenvalue weighted by Gasteiger charge is -2.51. The van der Waals surface area contributed by atoms with Gasteiger partial charge in [-0.2, -0.15) is 0 Å². The fraction of sp³-hybridized carbons (Fsp3) is 0.920. The standard InChI is InChI=1S/C25H44O2/c1-7-16-24(5,19-8-12-21(26)13-9-19)17-18-25(6,23(2,3)4)20-10-14-22(27)15-11-20/h19-20H,7-18H2,1-6H3. The lowest BCUT2D eigenvalue weighted by atomic mass is 9.53. The van der Waals surface area contributed by atoms with Gasteiger partial charge in [-0.05, 0) is 73.0 Å². The molecule has 0 aromatic heterocycles. The van der Waals surface area contributed by atoms with E-state index in [1.165, 1.54) is 25.7 Å². The van der Waals surface area contributed by atoms with Gasteiger partial charge in [0.1, 0.15) is 11.6 Å². The maximum Gasteiger partial charge on any atom is 0.132 e. The van der Waals surface area contributed by atoms with E-state index in [0.717, 1.165) is 51.4 Å². The maximum atomic E-state index is 11.8. The summed E-state index contributed by atoms with van der Waals surface area (Å²) in [5.41, 5.74) is 0.868. The van der Waals surface area contributed by atoms with Crippen LogP contribution in [0.25, 0.3) is 0 Å². The molecule has 2 nitrogen and oxygen atoms in total. The third kappa shape index (κ3) is 5.24. The van der Waals surface area contributed by atoms with E-state index in [-0.39, 0.29) is 10.8 Å². The largest absolute Gasteiger partial charge is 0.300 e. The SMILES string of the molecule is CCCC(C)(CCC(C)(C1CCC(=O)CC1)C(C)(C)C)C1CCC(=O)CC1. The predicted octanol–water partition coefficient (Wildman–Crippen LogP) is 7.14. The van der Waals surface area contributed by atoms with E-state index < -0.39 is 0 Å². The highest BCUT2D eigenvalue weighted by Gasteiger charge is 2.46. The van der Waals surface area contributed by atoms with Crippen LogP contribution in [-0.2, 0) is 9.59 Å². The van der Waals surface area contributed by atoms with E-state index in [9.17, 15) is 9.59 Å². The Bertz CT molecular complexity index is 509. The molecule has 2 fully saturated rings. The third-order valence-electron chi connectivity index (χ3n) is 8.72. The Balaban J connectivity index is 2.15. The molecule has 156 valence electrons. The van der Waals surface area contributed by atoms with Crippen LogP contribution in [0, 0.1) is 28.1 Å². The molecule has 0 spiro atoms. The van der Waals surface area contributed by atoms with Crippen LogP contribution < -0.4 is 0 Å².